The first kappa shape index (κ1) is 19.2. The van der Waals surface area contributed by atoms with Crippen LogP contribution < -0.4 is 10.6 Å². The average Bonchev–Trinajstić information content (AvgIpc) is 3.11. The number of hydrogen-bond donors (Lipinski definition) is 2. The van der Waals surface area contributed by atoms with Gasteiger partial charge in [-0.3, -0.25) is 4.79 Å². The molecule has 144 valence electrons. The third kappa shape index (κ3) is 5.22. The molecule has 1 fully saturated rings. The first-order valence-corrected chi connectivity index (χ1v) is 9.64. The van der Waals surface area contributed by atoms with Crippen molar-refractivity contribution in [2.45, 2.75) is 26.3 Å². The Morgan fingerprint density at radius 2 is 1.93 bits per heavy atom. The highest BCUT2D eigenvalue weighted by Crippen LogP contribution is 2.20. The van der Waals surface area contributed by atoms with Gasteiger partial charge in [0.05, 0.1) is 5.69 Å². The van der Waals surface area contributed by atoms with Gasteiger partial charge in [-0.05, 0) is 54.9 Å². The van der Waals surface area contributed by atoms with Crippen LogP contribution in [0.4, 0.5) is 9.18 Å². The molecule has 0 spiro atoms. The largest absolute Gasteiger partial charge is 0.338 e. The van der Waals surface area contributed by atoms with Crippen LogP contribution in [0.1, 0.15) is 33.8 Å². The number of rotatable bonds is 5. The van der Waals surface area contributed by atoms with Gasteiger partial charge in [0, 0.05) is 26.2 Å². The monoisotopic (exact) mass is 391 g/mol. The summed E-state index contributed by atoms with van der Waals surface area (Å²) >= 11 is 1.13. The lowest BCUT2D eigenvalue weighted by atomic mass is 9.96. The number of nitrogens with zero attached hydrogens (tertiary/aromatic N) is 3. The topological polar surface area (TPSA) is 87.2 Å². The number of carbonyl (C=O) groups is 2. The van der Waals surface area contributed by atoms with E-state index in [-0.39, 0.29) is 17.8 Å². The molecule has 0 saturated carbocycles. The highest BCUT2D eigenvalue weighted by molar-refractivity contribution is 7.07. The molecule has 7 nitrogen and oxygen atoms in total. The van der Waals surface area contributed by atoms with Crippen molar-refractivity contribution >= 4 is 23.5 Å². The van der Waals surface area contributed by atoms with Crippen LogP contribution in [-0.2, 0) is 6.54 Å². The first-order chi connectivity index (χ1) is 13.0. The molecule has 2 heterocycles. The number of likely N-dealkylation sites (tertiary alicyclic amines) is 1. The quantitative estimate of drug-likeness (QED) is 0.819. The molecule has 0 bridgehead atoms. The van der Waals surface area contributed by atoms with E-state index in [1.54, 1.807) is 19.1 Å². The van der Waals surface area contributed by atoms with Gasteiger partial charge in [-0.25, -0.2) is 9.18 Å². The lowest BCUT2D eigenvalue weighted by molar-refractivity contribution is 0.0694. The van der Waals surface area contributed by atoms with E-state index in [0.717, 1.165) is 29.9 Å². The summed E-state index contributed by atoms with van der Waals surface area (Å²) in [5.41, 5.74) is 1.51. The number of hydrogen-bond acceptors (Lipinski definition) is 5. The second-order valence-electron chi connectivity index (χ2n) is 6.61. The van der Waals surface area contributed by atoms with Gasteiger partial charge in [0.15, 0.2) is 0 Å². The normalized spacial score (nSPS) is 14.8. The lowest BCUT2D eigenvalue weighted by Gasteiger charge is -2.31. The summed E-state index contributed by atoms with van der Waals surface area (Å²) in [6, 6.07) is 5.77. The van der Waals surface area contributed by atoms with Crippen LogP contribution in [0.2, 0.25) is 0 Å². The Bertz CT molecular complexity index is 787. The Hall–Kier alpha value is -2.55. The van der Waals surface area contributed by atoms with Crippen LogP contribution in [0.15, 0.2) is 24.3 Å². The molecule has 3 amide bonds. The third-order valence-electron chi connectivity index (χ3n) is 4.67. The third-order valence-corrected chi connectivity index (χ3v) is 5.48. The maximum atomic E-state index is 12.9. The number of aryl methyl sites for hydroxylation is 1. The fraction of sp³-hybridized carbons (Fsp3) is 0.444. The molecule has 1 saturated heterocycles. The Kier molecular flexibility index (Phi) is 6.33. The van der Waals surface area contributed by atoms with Crippen molar-refractivity contribution in [2.75, 3.05) is 19.6 Å². The SMILES string of the molecule is Cc1nnsc1C(=O)N1CCC(CNC(=O)NCc2ccc(F)cc2)CC1. The van der Waals surface area contributed by atoms with Crippen LogP contribution >= 0.6 is 11.5 Å². The van der Waals surface area contributed by atoms with Gasteiger partial charge in [-0.1, -0.05) is 16.6 Å². The molecule has 1 aliphatic heterocycles. The fourth-order valence-corrected chi connectivity index (χ4v) is 3.62. The van der Waals surface area contributed by atoms with E-state index in [4.69, 9.17) is 0 Å². The van der Waals surface area contributed by atoms with Gasteiger partial charge in [-0.2, -0.15) is 0 Å². The van der Waals surface area contributed by atoms with Crippen LogP contribution in [0.5, 0.6) is 0 Å². The molecule has 0 radical (unpaired) electrons. The second-order valence-corrected chi connectivity index (χ2v) is 7.37. The van der Waals surface area contributed by atoms with E-state index < -0.39 is 0 Å². The van der Waals surface area contributed by atoms with Gasteiger partial charge in [-0.15, -0.1) is 5.10 Å². The lowest BCUT2D eigenvalue weighted by Crippen LogP contribution is -2.43. The van der Waals surface area contributed by atoms with E-state index in [2.05, 4.69) is 20.2 Å². The van der Waals surface area contributed by atoms with E-state index in [9.17, 15) is 14.0 Å². The van der Waals surface area contributed by atoms with Crippen molar-refractivity contribution in [3.05, 3.63) is 46.2 Å². The van der Waals surface area contributed by atoms with E-state index in [1.807, 2.05) is 4.90 Å². The predicted octanol–water partition coefficient (Wildman–Crippen LogP) is 2.34. The molecular weight excluding hydrogens is 369 g/mol. The van der Waals surface area contributed by atoms with Crippen LogP contribution in [0.3, 0.4) is 0 Å². The number of carbonyl (C=O) groups excluding carboxylic acids is 2. The Morgan fingerprint density at radius 1 is 1.22 bits per heavy atom. The van der Waals surface area contributed by atoms with Gasteiger partial charge >= 0.3 is 6.03 Å². The molecule has 1 aliphatic rings. The molecule has 0 atom stereocenters. The van der Waals surface area contributed by atoms with Gasteiger partial charge in [0.1, 0.15) is 10.7 Å². The number of amides is 3. The van der Waals surface area contributed by atoms with Crippen molar-refractivity contribution in [2.24, 2.45) is 5.92 Å². The first-order valence-electron chi connectivity index (χ1n) is 8.87. The number of halogens is 1. The zero-order valence-electron chi connectivity index (χ0n) is 15.1. The molecule has 27 heavy (non-hydrogen) atoms. The maximum Gasteiger partial charge on any atom is 0.315 e. The molecule has 0 unspecified atom stereocenters. The summed E-state index contributed by atoms with van der Waals surface area (Å²) < 4.78 is 16.7. The molecule has 2 N–H and O–H groups in total. The fourth-order valence-electron chi connectivity index (χ4n) is 3.00. The molecule has 3 rings (SSSR count). The minimum Gasteiger partial charge on any atom is -0.338 e. The van der Waals surface area contributed by atoms with Crippen LogP contribution in [0, 0.1) is 18.7 Å². The van der Waals surface area contributed by atoms with E-state index >= 15 is 0 Å². The predicted molar refractivity (Wildman–Crippen MR) is 99.9 cm³/mol. The molecule has 0 aliphatic carbocycles. The number of piperidine rings is 1. The van der Waals surface area contributed by atoms with E-state index in [0.29, 0.717) is 42.7 Å². The van der Waals surface area contributed by atoms with Crippen molar-refractivity contribution in [1.82, 2.24) is 25.1 Å². The van der Waals surface area contributed by atoms with Gasteiger partial charge in [0.25, 0.3) is 5.91 Å². The summed E-state index contributed by atoms with van der Waals surface area (Å²) in [7, 11) is 0. The number of benzene rings is 1. The average molecular weight is 391 g/mol. The summed E-state index contributed by atoms with van der Waals surface area (Å²) in [6.45, 7) is 4.04. The van der Waals surface area contributed by atoms with Crippen molar-refractivity contribution in [1.29, 1.82) is 0 Å². The van der Waals surface area contributed by atoms with Gasteiger partial charge < -0.3 is 15.5 Å². The number of nitrogens with one attached hydrogen (secondary N) is 2. The Morgan fingerprint density at radius 3 is 2.56 bits per heavy atom. The second kappa shape index (κ2) is 8.90. The van der Waals surface area contributed by atoms with Crippen molar-refractivity contribution in [3.63, 3.8) is 0 Å². The molecular formula is C18H22FN5O2S. The molecule has 9 heteroatoms. The standard InChI is InChI=1S/C18H22FN5O2S/c1-12-16(27-23-22-12)17(25)24-8-6-14(7-9-24)11-21-18(26)20-10-13-2-4-15(19)5-3-13/h2-5,14H,6-11H2,1H3,(H2,20,21,26). The summed E-state index contributed by atoms with van der Waals surface area (Å²) in [5, 5.41) is 9.52. The summed E-state index contributed by atoms with van der Waals surface area (Å²) in [6.07, 6.45) is 1.69. The van der Waals surface area contributed by atoms with Crippen molar-refractivity contribution in [3.8, 4) is 0 Å². The van der Waals surface area contributed by atoms with Crippen LogP contribution in [-0.4, -0.2) is 46.1 Å². The maximum absolute atomic E-state index is 12.9. The van der Waals surface area contributed by atoms with Crippen LogP contribution in [0.25, 0.3) is 0 Å². The number of urea groups is 1. The zero-order chi connectivity index (χ0) is 19.2. The molecule has 2 aromatic rings. The minimum atomic E-state index is -0.296. The molecule has 1 aromatic carbocycles. The highest BCUT2D eigenvalue weighted by atomic mass is 32.1. The van der Waals surface area contributed by atoms with Gasteiger partial charge in [0.2, 0.25) is 0 Å². The Labute approximate surface area is 161 Å². The Balaban J connectivity index is 1.36. The molecule has 1 aromatic heterocycles. The zero-order valence-corrected chi connectivity index (χ0v) is 15.9. The number of aromatic nitrogens is 2. The van der Waals surface area contributed by atoms with E-state index in [1.165, 1.54) is 12.1 Å². The summed E-state index contributed by atoms with van der Waals surface area (Å²) in [4.78, 5) is 26.8. The highest BCUT2D eigenvalue weighted by Gasteiger charge is 2.26. The summed E-state index contributed by atoms with van der Waals surface area (Å²) in [5.74, 6) is 0.0343. The van der Waals surface area contributed by atoms with Crippen molar-refractivity contribution < 1.29 is 14.0 Å². The minimum absolute atomic E-state index is 0.00838. The smallest absolute Gasteiger partial charge is 0.315 e.